The Labute approximate surface area is 216 Å². The Morgan fingerprint density at radius 1 is 1.14 bits per heavy atom. The lowest BCUT2D eigenvalue weighted by Gasteiger charge is -2.34. The van der Waals surface area contributed by atoms with Crippen LogP contribution in [0.2, 0.25) is 0 Å². The van der Waals surface area contributed by atoms with Crippen LogP contribution in [0.15, 0.2) is 18.2 Å². The first kappa shape index (κ1) is 31.4. The van der Waals surface area contributed by atoms with Crippen molar-refractivity contribution in [3.8, 4) is 0 Å². The number of aryl methyl sites for hydroxylation is 1. The van der Waals surface area contributed by atoms with E-state index in [0.29, 0.717) is 11.1 Å². The summed E-state index contributed by atoms with van der Waals surface area (Å²) in [5.41, 5.74) is 6.42. The van der Waals surface area contributed by atoms with Gasteiger partial charge in [0.15, 0.2) is 0 Å². The number of rotatable bonds is 12. The van der Waals surface area contributed by atoms with E-state index < -0.39 is 60.6 Å². The summed E-state index contributed by atoms with van der Waals surface area (Å²) in [5.74, 6) is -2.84. The molecule has 0 saturated heterocycles. The van der Waals surface area contributed by atoms with Crippen LogP contribution in [-0.2, 0) is 28.7 Å². The van der Waals surface area contributed by atoms with Gasteiger partial charge in [0.2, 0.25) is 17.7 Å². The van der Waals surface area contributed by atoms with Gasteiger partial charge in [-0.25, -0.2) is 4.79 Å². The minimum atomic E-state index is -1.30. The van der Waals surface area contributed by atoms with Gasteiger partial charge in [-0.05, 0) is 57.7 Å². The maximum atomic E-state index is 13.8. The van der Waals surface area contributed by atoms with Crippen LogP contribution in [-0.4, -0.2) is 78.2 Å². The van der Waals surface area contributed by atoms with Gasteiger partial charge >= 0.3 is 12.1 Å². The lowest BCUT2D eigenvalue weighted by Crippen LogP contribution is -2.54. The first-order chi connectivity index (χ1) is 17.2. The number of alkyl carbamates (subject to hydrolysis) is 1. The van der Waals surface area contributed by atoms with E-state index in [1.54, 1.807) is 39.8 Å². The highest BCUT2D eigenvalue weighted by Crippen LogP contribution is 2.27. The number of hydrogen-bond acceptors (Lipinski definition) is 8. The van der Waals surface area contributed by atoms with Gasteiger partial charge in [-0.2, -0.15) is 0 Å². The van der Waals surface area contributed by atoms with Crippen molar-refractivity contribution < 1.29 is 38.6 Å². The van der Waals surface area contributed by atoms with Crippen LogP contribution in [0.3, 0.4) is 0 Å². The number of carbonyl (C=O) groups is 5. The summed E-state index contributed by atoms with van der Waals surface area (Å²) in [6.45, 7) is 7.31. The van der Waals surface area contributed by atoms with E-state index in [1.165, 1.54) is 7.11 Å². The number of nitrogens with one attached hydrogen (secondary N) is 2. The van der Waals surface area contributed by atoms with E-state index in [1.807, 2.05) is 13.0 Å². The van der Waals surface area contributed by atoms with Crippen LogP contribution in [0.4, 0.5) is 4.79 Å². The van der Waals surface area contributed by atoms with Crippen molar-refractivity contribution in [2.75, 3.05) is 26.8 Å². The van der Waals surface area contributed by atoms with Crippen molar-refractivity contribution in [2.24, 2.45) is 5.73 Å². The maximum Gasteiger partial charge on any atom is 0.408 e. The first-order valence-electron chi connectivity index (χ1n) is 11.8. The number of nitrogens with zero attached hydrogens (tertiary/aromatic N) is 1. The molecule has 2 unspecified atom stereocenters. The van der Waals surface area contributed by atoms with E-state index in [4.69, 9.17) is 10.5 Å². The molecule has 0 spiro atoms. The zero-order valence-corrected chi connectivity index (χ0v) is 22.3. The quantitative estimate of drug-likeness (QED) is 0.289. The van der Waals surface area contributed by atoms with Crippen molar-refractivity contribution in [1.29, 1.82) is 0 Å². The summed E-state index contributed by atoms with van der Waals surface area (Å²) in [4.78, 5) is 63.8. The van der Waals surface area contributed by atoms with Crippen LogP contribution < -0.4 is 16.4 Å². The predicted molar refractivity (Wildman–Crippen MR) is 134 cm³/mol. The van der Waals surface area contributed by atoms with Crippen LogP contribution in [0.25, 0.3) is 0 Å². The molecule has 0 saturated carbocycles. The number of primary amides is 1. The topological polar surface area (TPSA) is 177 Å². The number of aliphatic hydroxyl groups is 1. The Kier molecular flexibility index (Phi) is 12.0. The third-order valence-electron chi connectivity index (χ3n) is 5.43. The second-order valence-electron chi connectivity index (χ2n) is 9.44. The number of aliphatic hydroxyl groups excluding tert-OH is 1. The zero-order chi connectivity index (χ0) is 28.3. The van der Waals surface area contributed by atoms with Crippen LogP contribution in [0.1, 0.15) is 56.3 Å². The van der Waals surface area contributed by atoms with Crippen molar-refractivity contribution in [1.82, 2.24) is 15.5 Å². The fourth-order valence-electron chi connectivity index (χ4n) is 3.52. The van der Waals surface area contributed by atoms with Gasteiger partial charge in [-0.15, -0.1) is 0 Å². The van der Waals surface area contributed by atoms with Gasteiger partial charge in [0.25, 0.3) is 0 Å². The average molecular weight is 523 g/mol. The highest BCUT2D eigenvalue weighted by Gasteiger charge is 2.37. The molecule has 37 heavy (non-hydrogen) atoms. The minimum absolute atomic E-state index is 0.168. The molecule has 0 aliphatic heterocycles. The Balaban J connectivity index is 3.51. The third-order valence-corrected chi connectivity index (χ3v) is 5.43. The molecule has 1 rings (SSSR count). The zero-order valence-electron chi connectivity index (χ0n) is 22.3. The fraction of sp³-hybridized carbons (Fsp3) is 0.560. The Bertz CT molecular complexity index is 989. The SMILES string of the molecule is COC(=O)CNC(=O)C(c1cccc(C)c1C)N(CCO)C(=O)C(CCC(N)=O)NC(=O)OC(C)(C)C. The summed E-state index contributed by atoms with van der Waals surface area (Å²) in [7, 11) is 1.17. The summed E-state index contributed by atoms with van der Waals surface area (Å²) in [6.07, 6.45) is -1.31. The maximum absolute atomic E-state index is 13.8. The molecule has 0 aromatic heterocycles. The molecule has 0 aliphatic rings. The van der Waals surface area contributed by atoms with Crippen molar-refractivity contribution in [2.45, 2.75) is 65.1 Å². The summed E-state index contributed by atoms with van der Waals surface area (Å²) in [6, 6.07) is 2.63. The van der Waals surface area contributed by atoms with Gasteiger partial charge in [0.05, 0.1) is 13.7 Å². The van der Waals surface area contributed by atoms with Gasteiger partial charge in [0.1, 0.15) is 24.2 Å². The molecule has 12 heteroatoms. The monoisotopic (exact) mass is 522 g/mol. The molecule has 1 aromatic rings. The number of amides is 4. The average Bonchev–Trinajstić information content (AvgIpc) is 2.80. The van der Waals surface area contributed by atoms with Gasteiger partial charge in [-0.3, -0.25) is 19.2 Å². The highest BCUT2D eigenvalue weighted by atomic mass is 16.6. The molecule has 12 nitrogen and oxygen atoms in total. The second-order valence-corrected chi connectivity index (χ2v) is 9.44. The standard InChI is InChI=1S/C25H38N4O8/c1-15-8-7-9-17(16(15)2)21(22(33)27-14-20(32)36-6)29(12-13-30)23(34)18(10-11-19(26)31)28-24(35)37-25(3,4)5/h7-9,18,21,30H,10-14H2,1-6H3,(H2,26,31)(H,27,33)(H,28,35). The number of methoxy groups -OCH3 is 1. The van der Waals surface area contributed by atoms with E-state index in [-0.39, 0.29) is 19.4 Å². The van der Waals surface area contributed by atoms with Crippen LogP contribution in [0, 0.1) is 13.8 Å². The number of hydrogen-bond donors (Lipinski definition) is 4. The lowest BCUT2D eigenvalue weighted by molar-refractivity contribution is -0.145. The molecule has 0 heterocycles. The molecule has 0 fully saturated rings. The summed E-state index contributed by atoms with van der Waals surface area (Å²) in [5, 5.41) is 14.7. The number of esters is 1. The third kappa shape index (κ3) is 10.1. The van der Waals surface area contributed by atoms with E-state index in [9.17, 15) is 29.1 Å². The van der Waals surface area contributed by atoms with E-state index in [2.05, 4.69) is 15.4 Å². The van der Waals surface area contributed by atoms with Crippen molar-refractivity contribution >= 4 is 29.8 Å². The van der Waals surface area contributed by atoms with Crippen LogP contribution >= 0.6 is 0 Å². The summed E-state index contributed by atoms with van der Waals surface area (Å²) >= 11 is 0. The molecule has 5 N–H and O–H groups in total. The summed E-state index contributed by atoms with van der Waals surface area (Å²) < 4.78 is 9.83. The molecule has 206 valence electrons. The normalized spacial score (nSPS) is 12.6. The molecule has 1 aromatic carbocycles. The first-order valence-corrected chi connectivity index (χ1v) is 11.8. The Morgan fingerprint density at radius 3 is 2.32 bits per heavy atom. The highest BCUT2D eigenvalue weighted by molar-refractivity contribution is 5.93. The smallest absolute Gasteiger partial charge is 0.408 e. The minimum Gasteiger partial charge on any atom is -0.468 e. The fourth-order valence-corrected chi connectivity index (χ4v) is 3.52. The number of carbonyl (C=O) groups excluding carboxylic acids is 5. The molecule has 4 amide bonds. The molecule has 0 bridgehead atoms. The molecule has 0 aliphatic carbocycles. The lowest BCUT2D eigenvalue weighted by atomic mass is 9.94. The van der Waals surface area contributed by atoms with Gasteiger partial charge < -0.3 is 35.8 Å². The largest absolute Gasteiger partial charge is 0.468 e. The molecular weight excluding hydrogens is 484 g/mol. The Morgan fingerprint density at radius 2 is 1.78 bits per heavy atom. The molecule has 0 radical (unpaired) electrons. The van der Waals surface area contributed by atoms with Crippen molar-refractivity contribution in [3.05, 3.63) is 34.9 Å². The number of benzene rings is 1. The second kappa shape index (κ2) is 14.2. The molecule has 2 atom stereocenters. The number of ether oxygens (including phenoxy) is 2. The Hall–Kier alpha value is -3.67. The van der Waals surface area contributed by atoms with E-state index >= 15 is 0 Å². The molecular formula is C25H38N4O8. The van der Waals surface area contributed by atoms with Gasteiger partial charge in [0, 0.05) is 13.0 Å². The van der Waals surface area contributed by atoms with Crippen molar-refractivity contribution in [3.63, 3.8) is 0 Å². The van der Waals surface area contributed by atoms with E-state index in [0.717, 1.165) is 10.5 Å². The van der Waals surface area contributed by atoms with Gasteiger partial charge in [-0.1, -0.05) is 18.2 Å². The number of nitrogens with two attached hydrogens (primary N) is 1. The predicted octanol–water partition coefficient (Wildman–Crippen LogP) is 0.613. The van der Waals surface area contributed by atoms with Crippen LogP contribution in [0.5, 0.6) is 0 Å².